The molecule has 1 unspecified atom stereocenters. The molecule has 0 saturated carbocycles. The van der Waals surface area contributed by atoms with Crippen molar-refractivity contribution < 1.29 is 18.4 Å². The lowest BCUT2D eigenvalue weighted by Gasteiger charge is -2.40. The first-order valence-corrected chi connectivity index (χ1v) is 8.03. The fourth-order valence-corrected chi connectivity index (χ4v) is 2.74. The van der Waals surface area contributed by atoms with Gasteiger partial charge in [-0.15, -0.1) is 0 Å². The van der Waals surface area contributed by atoms with E-state index in [-0.39, 0.29) is 23.6 Å². The van der Waals surface area contributed by atoms with Gasteiger partial charge in [-0.1, -0.05) is 20.8 Å². The van der Waals surface area contributed by atoms with Crippen molar-refractivity contribution in [3.05, 3.63) is 17.8 Å². The van der Waals surface area contributed by atoms with E-state index in [0.717, 1.165) is 0 Å². The molecule has 7 heteroatoms. The summed E-state index contributed by atoms with van der Waals surface area (Å²) in [5.74, 6) is -0.809. The molecule has 1 fully saturated rings. The third kappa shape index (κ3) is 3.54. The van der Waals surface area contributed by atoms with Crippen LogP contribution in [-0.2, 0) is 11.2 Å². The molecule has 23 heavy (non-hydrogen) atoms. The van der Waals surface area contributed by atoms with Crippen molar-refractivity contribution in [2.45, 2.75) is 46.3 Å². The Bertz CT molecular complexity index is 573. The second kappa shape index (κ2) is 7.10. The zero-order chi connectivity index (χ0) is 17.1. The monoisotopic (exact) mass is 325 g/mol. The Balaban J connectivity index is 2.04. The lowest BCUT2D eigenvalue weighted by Crippen LogP contribution is -2.57. The molecule has 0 N–H and O–H groups in total. The summed E-state index contributed by atoms with van der Waals surface area (Å²) in [5.41, 5.74) is 0.629. The SMILES string of the molecule is CCc1ncoc1C(=O)N1CCN(C(=O)C(F)C(C)C)C[C@@H]1C. The van der Waals surface area contributed by atoms with Crippen LogP contribution in [0.15, 0.2) is 10.8 Å². The largest absolute Gasteiger partial charge is 0.438 e. The molecule has 0 aromatic carbocycles. The number of carbonyl (C=O) groups is 2. The van der Waals surface area contributed by atoms with Crippen molar-refractivity contribution in [3.63, 3.8) is 0 Å². The minimum atomic E-state index is -1.49. The Labute approximate surface area is 135 Å². The number of rotatable bonds is 4. The molecular weight excluding hydrogens is 301 g/mol. The number of oxazole rings is 1. The number of carbonyl (C=O) groups excluding carboxylic acids is 2. The van der Waals surface area contributed by atoms with Crippen molar-refractivity contribution in [1.82, 2.24) is 14.8 Å². The highest BCUT2D eigenvalue weighted by atomic mass is 19.1. The third-order valence-electron chi connectivity index (χ3n) is 4.19. The van der Waals surface area contributed by atoms with E-state index in [1.807, 2.05) is 13.8 Å². The Morgan fingerprint density at radius 1 is 1.43 bits per heavy atom. The number of amides is 2. The zero-order valence-corrected chi connectivity index (χ0v) is 14.1. The number of halogens is 1. The average molecular weight is 325 g/mol. The predicted molar refractivity (Wildman–Crippen MR) is 82.7 cm³/mol. The van der Waals surface area contributed by atoms with E-state index >= 15 is 0 Å². The number of alkyl halides is 1. The van der Waals surface area contributed by atoms with Gasteiger partial charge in [-0.25, -0.2) is 9.37 Å². The van der Waals surface area contributed by atoms with Gasteiger partial charge in [-0.2, -0.15) is 0 Å². The standard InChI is InChI=1S/C16H24FN3O3/c1-5-12-14(23-9-18-12)16(22)20-7-6-19(8-11(20)4)15(21)13(17)10(2)3/h9-11,13H,5-8H2,1-4H3/t11-,13?/m0/s1. The topological polar surface area (TPSA) is 66.7 Å². The first-order chi connectivity index (χ1) is 10.9. The Morgan fingerprint density at radius 3 is 2.70 bits per heavy atom. The van der Waals surface area contributed by atoms with Crippen molar-refractivity contribution in [3.8, 4) is 0 Å². The molecule has 1 aliphatic heterocycles. The fraction of sp³-hybridized carbons (Fsp3) is 0.688. The molecule has 0 aliphatic carbocycles. The molecule has 0 radical (unpaired) electrons. The lowest BCUT2D eigenvalue weighted by atomic mass is 10.1. The Hall–Kier alpha value is -1.92. The van der Waals surface area contributed by atoms with Gasteiger partial charge in [0.1, 0.15) is 0 Å². The summed E-state index contributed by atoms with van der Waals surface area (Å²) in [6.45, 7) is 8.14. The summed E-state index contributed by atoms with van der Waals surface area (Å²) in [7, 11) is 0. The normalized spacial score (nSPS) is 20.0. The van der Waals surface area contributed by atoms with Gasteiger partial charge in [-0.05, 0) is 19.3 Å². The highest BCUT2D eigenvalue weighted by molar-refractivity contribution is 5.93. The average Bonchev–Trinajstić information content (AvgIpc) is 3.01. The number of aryl methyl sites for hydroxylation is 1. The molecule has 1 saturated heterocycles. The predicted octanol–water partition coefficient (Wildman–Crippen LogP) is 1.90. The zero-order valence-electron chi connectivity index (χ0n) is 14.1. The van der Waals surface area contributed by atoms with Gasteiger partial charge in [0.15, 0.2) is 12.6 Å². The van der Waals surface area contributed by atoms with Crippen LogP contribution >= 0.6 is 0 Å². The van der Waals surface area contributed by atoms with Crippen molar-refractivity contribution in [2.75, 3.05) is 19.6 Å². The minimum Gasteiger partial charge on any atom is -0.438 e. The van der Waals surface area contributed by atoms with Crippen molar-refractivity contribution in [1.29, 1.82) is 0 Å². The lowest BCUT2D eigenvalue weighted by molar-refractivity contribution is -0.140. The van der Waals surface area contributed by atoms with E-state index in [9.17, 15) is 14.0 Å². The molecule has 0 bridgehead atoms. The van der Waals surface area contributed by atoms with Crippen LogP contribution in [0.1, 0.15) is 43.9 Å². The van der Waals surface area contributed by atoms with Crippen molar-refractivity contribution in [2.24, 2.45) is 5.92 Å². The highest BCUT2D eigenvalue weighted by Crippen LogP contribution is 2.19. The highest BCUT2D eigenvalue weighted by Gasteiger charge is 2.35. The van der Waals surface area contributed by atoms with E-state index in [4.69, 9.17) is 4.42 Å². The molecule has 2 heterocycles. The van der Waals surface area contributed by atoms with E-state index in [1.165, 1.54) is 11.3 Å². The first-order valence-electron chi connectivity index (χ1n) is 8.03. The number of aromatic nitrogens is 1. The van der Waals surface area contributed by atoms with Gasteiger partial charge in [0.05, 0.1) is 5.69 Å². The molecule has 6 nitrogen and oxygen atoms in total. The molecule has 1 aromatic rings. The van der Waals surface area contributed by atoms with Crippen LogP contribution < -0.4 is 0 Å². The van der Waals surface area contributed by atoms with Gasteiger partial charge in [0.25, 0.3) is 11.8 Å². The summed E-state index contributed by atoms with van der Waals surface area (Å²) in [6, 6.07) is -0.200. The van der Waals surface area contributed by atoms with E-state index in [2.05, 4.69) is 4.98 Å². The molecule has 1 aliphatic rings. The number of nitrogens with zero attached hydrogens (tertiary/aromatic N) is 3. The van der Waals surface area contributed by atoms with Gasteiger partial charge >= 0.3 is 0 Å². The molecule has 2 rings (SSSR count). The Morgan fingerprint density at radius 2 is 2.13 bits per heavy atom. The van der Waals surface area contributed by atoms with Gasteiger partial charge in [0, 0.05) is 25.7 Å². The van der Waals surface area contributed by atoms with Gasteiger partial charge in [-0.3, -0.25) is 9.59 Å². The number of hydrogen-bond donors (Lipinski definition) is 0. The van der Waals surface area contributed by atoms with Crippen molar-refractivity contribution >= 4 is 11.8 Å². The van der Waals surface area contributed by atoms with Crippen LogP contribution in [0.4, 0.5) is 4.39 Å². The molecule has 0 spiro atoms. The second-order valence-corrected chi connectivity index (χ2v) is 6.26. The third-order valence-corrected chi connectivity index (χ3v) is 4.19. The maximum Gasteiger partial charge on any atom is 0.291 e. The van der Waals surface area contributed by atoms with Crippen LogP contribution in [0.3, 0.4) is 0 Å². The van der Waals surface area contributed by atoms with E-state index < -0.39 is 12.1 Å². The first kappa shape index (κ1) is 17.4. The van der Waals surface area contributed by atoms with E-state index in [1.54, 1.807) is 18.7 Å². The summed E-state index contributed by atoms with van der Waals surface area (Å²) in [5, 5.41) is 0. The molecule has 2 amide bonds. The summed E-state index contributed by atoms with van der Waals surface area (Å²) in [6.07, 6.45) is 0.389. The number of piperazine rings is 1. The summed E-state index contributed by atoms with van der Waals surface area (Å²) in [4.78, 5) is 31.9. The van der Waals surface area contributed by atoms with Crippen LogP contribution in [0.5, 0.6) is 0 Å². The van der Waals surface area contributed by atoms with Gasteiger partial charge in [0.2, 0.25) is 5.76 Å². The minimum absolute atomic E-state index is 0.200. The fourth-order valence-electron chi connectivity index (χ4n) is 2.74. The van der Waals surface area contributed by atoms with Gasteiger partial charge < -0.3 is 14.2 Å². The summed E-state index contributed by atoms with van der Waals surface area (Å²) < 4.78 is 19.1. The smallest absolute Gasteiger partial charge is 0.291 e. The van der Waals surface area contributed by atoms with Crippen LogP contribution in [-0.4, -0.2) is 58.4 Å². The molecule has 128 valence electrons. The van der Waals surface area contributed by atoms with Crippen LogP contribution in [0.2, 0.25) is 0 Å². The summed E-state index contributed by atoms with van der Waals surface area (Å²) >= 11 is 0. The number of hydrogen-bond acceptors (Lipinski definition) is 4. The quantitative estimate of drug-likeness (QED) is 0.848. The van der Waals surface area contributed by atoms with Crippen LogP contribution in [0.25, 0.3) is 0 Å². The Kier molecular flexibility index (Phi) is 5.38. The van der Waals surface area contributed by atoms with Crippen LogP contribution in [0, 0.1) is 5.92 Å². The molecule has 2 atom stereocenters. The second-order valence-electron chi connectivity index (χ2n) is 6.26. The maximum absolute atomic E-state index is 13.9. The van der Waals surface area contributed by atoms with E-state index in [0.29, 0.717) is 31.7 Å². The molecule has 1 aromatic heterocycles. The maximum atomic E-state index is 13.9. The molecular formula is C16H24FN3O3.